The highest BCUT2D eigenvalue weighted by molar-refractivity contribution is 7.82. The highest BCUT2D eigenvalue weighted by Gasteiger charge is 2.47. The summed E-state index contributed by atoms with van der Waals surface area (Å²) < 4.78 is 29.9. The van der Waals surface area contributed by atoms with Crippen molar-refractivity contribution in [2.45, 2.75) is 5.66 Å². The maximum absolute atomic E-state index is 11.1. The molecule has 9 nitrogen and oxygen atoms in total. The SMILES string of the molecule is NC1(N)C(=O)N=C2N=C1OS(=O)(=O)O2. The summed E-state index contributed by atoms with van der Waals surface area (Å²) in [7, 11) is -4.31. The molecule has 2 aliphatic heterocycles. The Kier molecular flexibility index (Phi) is 1.48. The average molecular weight is 220 g/mol. The van der Waals surface area contributed by atoms with Gasteiger partial charge in [-0.05, 0) is 0 Å². The van der Waals surface area contributed by atoms with Crippen LogP contribution in [-0.2, 0) is 23.6 Å². The summed E-state index contributed by atoms with van der Waals surface area (Å²) in [6.07, 6.45) is 0. The van der Waals surface area contributed by atoms with Crippen LogP contribution in [0.5, 0.6) is 0 Å². The van der Waals surface area contributed by atoms with Crippen molar-refractivity contribution in [2.75, 3.05) is 0 Å². The second kappa shape index (κ2) is 2.29. The lowest BCUT2D eigenvalue weighted by atomic mass is 10.1. The Hall–Kier alpha value is -1.52. The molecule has 0 spiro atoms. The smallest absolute Gasteiger partial charge is 0.332 e. The lowest BCUT2D eigenvalue weighted by molar-refractivity contribution is -0.121. The van der Waals surface area contributed by atoms with E-state index in [0.717, 1.165) is 0 Å². The number of nitrogens with two attached hydrogens (primary N) is 2. The van der Waals surface area contributed by atoms with Crippen molar-refractivity contribution in [3.63, 3.8) is 0 Å². The fourth-order valence-corrected chi connectivity index (χ4v) is 1.46. The minimum atomic E-state index is -4.31. The molecule has 0 saturated heterocycles. The Balaban J connectivity index is 2.58. The van der Waals surface area contributed by atoms with Crippen molar-refractivity contribution in [1.29, 1.82) is 0 Å². The largest absolute Gasteiger partial charge is 0.505 e. The summed E-state index contributed by atoms with van der Waals surface area (Å²) >= 11 is 0. The van der Waals surface area contributed by atoms with Gasteiger partial charge in [-0.1, -0.05) is 0 Å². The Morgan fingerprint density at radius 1 is 1.21 bits per heavy atom. The van der Waals surface area contributed by atoms with Crippen LogP contribution in [0.2, 0.25) is 0 Å². The zero-order valence-electron chi connectivity index (χ0n) is 6.50. The van der Waals surface area contributed by atoms with Crippen molar-refractivity contribution in [3.8, 4) is 0 Å². The first kappa shape index (κ1) is 9.05. The standard InChI is InChI=1S/C4H4N4O5S/c5-4(6)1(9)7-3-8-2(4)12-14(10,11)13-3/h5-6H2. The van der Waals surface area contributed by atoms with E-state index in [1.54, 1.807) is 0 Å². The maximum Gasteiger partial charge on any atom is 0.505 e. The van der Waals surface area contributed by atoms with Gasteiger partial charge < -0.3 is 8.37 Å². The summed E-state index contributed by atoms with van der Waals surface area (Å²) in [5, 5.41) is 0. The van der Waals surface area contributed by atoms with Crippen molar-refractivity contribution < 1.29 is 21.6 Å². The molecule has 4 N–H and O–H groups in total. The molecule has 76 valence electrons. The molecule has 0 aromatic heterocycles. The van der Waals surface area contributed by atoms with E-state index in [2.05, 4.69) is 18.4 Å². The molecule has 10 heteroatoms. The molecule has 0 unspecified atom stereocenters. The van der Waals surface area contributed by atoms with Gasteiger partial charge in [-0.2, -0.15) is 9.98 Å². The van der Waals surface area contributed by atoms with Crippen molar-refractivity contribution in [1.82, 2.24) is 0 Å². The van der Waals surface area contributed by atoms with E-state index in [4.69, 9.17) is 11.5 Å². The van der Waals surface area contributed by atoms with Crippen LogP contribution < -0.4 is 11.5 Å². The molecule has 0 atom stereocenters. The van der Waals surface area contributed by atoms with Gasteiger partial charge >= 0.3 is 16.4 Å². The van der Waals surface area contributed by atoms with Gasteiger partial charge in [-0.3, -0.25) is 16.3 Å². The van der Waals surface area contributed by atoms with E-state index < -0.39 is 33.9 Å². The fraction of sp³-hybridized carbons (Fsp3) is 0.250. The number of nitrogens with zero attached hydrogens (tertiary/aromatic N) is 2. The summed E-state index contributed by atoms with van der Waals surface area (Å²) in [4.78, 5) is 17.5. The van der Waals surface area contributed by atoms with Crippen molar-refractivity contribution in [2.24, 2.45) is 21.5 Å². The third-order valence-corrected chi connectivity index (χ3v) is 2.17. The molecule has 0 aromatic rings. The monoisotopic (exact) mass is 220 g/mol. The first-order valence-corrected chi connectivity index (χ1v) is 4.58. The van der Waals surface area contributed by atoms with Crippen LogP contribution >= 0.6 is 0 Å². The number of fused-ring (bicyclic) bond motifs is 1. The highest BCUT2D eigenvalue weighted by Crippen LogP contribution is 2.17. The van der Waals surface area contributed by atoms with E-state index in [1.165, 1.54) is 0 Å². The number of rotatable bonds is 0. The quantitative estimate of drug-likeness (QED) is 0.418. The predicted octanol–water partition coefficient (Wildman–Crippen LogP) is -2.81. The maximum atomic E-state index is 11.1. The third kappa shape index (κ3) is 1.16. The zero-order valence-corrected chi connectivity index (χ0v) is 7.32. The Morgan fingerprint density at radius 2 is 1.86 bits per heavy atom. The van der Waals surface area contributed by atoms with Gasteiger partial charge in [0.25, 0.3) is 11.8 Å². The lowest BCUT2D eigenvalue weighted by Gasteiger charge is -2.27. The van der Waals surface area contributed by atoms with Crippen LogP contribution in [0, 0.1) is 0 Å². The van der Waals surface area contributed by atoms with Gasteiger partial charge in [-0.15, -0.1) is 8.42 Å². The van der Waals surface area contributed by atoms with Crippen LogP contribution in [-0.4, -0.2) is 31.9 Å². The molecular weight excluding hydrogens is 216 g/mol. The molecule has 0 aliphatic carbocycles. The number of carbonyl (C=O) groups excluding carboxylic acids is 1. The van der Waals surface area contributed by atoms with E-state index in [-0.39, 0.29) is 0 Å². The third-order valence-electron chi connectivity index (χ3n) is 1.46. The lowest BCUT2D eigenvalue weighted by Crippen LogP contribution is -2.65. The van der Waals surface area contributed by atoms with E-state index >= 15 is 0 Å². The van der Waals surface area contributed by atoms with Crippen molar-refractivity contribution in [3.05, 3.63) is 0 Å². The van der Waals surface area contributed by atoms with Crippen LogP contribution in [0.1, 0.15) is 0 Å². The number of hydrogen-bond acceptors (Lipinski definition) is 8. The molecule has 2 rings (SSSR count). The number of carbonyl (C=O) groups is 1. The molecule has 1 amide bonds. The van der Waals surface area contributed by atoms with Gasteiger partial charge in [0.1, 0.15) is 0 Å². The predicted molar refractivity (Wildman–Crippen MR) is 42.1 cm³/mol. The molecule has 2 bridgehead atoms. The van der Waals surface area contributed by atoms with Crippen LogP contribution in [0.25, 0.3) is 0 Å². The van der Waals surface area contributed by atoms with E-state index in [1.807, 2.05) is 0 Å². The van der Waals surface area contributed by atoms with Gasteiger partial charge in [-0.25, -0.2) is 0 Å². The number of amides is 1. The minimum Gasteiger partial charge on any atom is -0.332 e. The molecular formula is C4H4N4O5S. The van der Waals surface area contributed by atoms with Crippen LogP contribution in [0.15, 0.2) is 9.98 Å². The summed E-state index contributed by atoms with van der Waals surface area (Å²) in [5.41, 5.74) is 8.31. The fourth-order valence-electron chi connectivity index (χ4n) is 0.805. The topological polar surface area (TPSA) is 146 Å². The van der Waals surface area contributed by atoms with Gasteiger partial charge in [0.05, 0.1) is 0 Å². The number of hydrogen-bond donors (Lipinski definition) is 2. The second-order valence-electron chi connectivity index (χ2n) is 2.56. The molecule has 14 heavy (non-hydrogen) atoms. The molecule has 0 radical (unpaired) electrons. The Bertz CT molecular complexity index is 474. The molecule has 0 saturated carbocycles. The van der Waals surface area contributed by atoms with Crippen molar-refractivity contribution >= 4 is 28.2 Å². The van der Waals surface area contributed by atoms with E-state index in [0.29, 0.717) is 0 Å². The molecule has 2 aliphatic rings. The van der Waals surface area contributed by atoms with Crippen LogP contribution in [0.4, 0.5) is 0 Å². The normalized spacial score (nSPS) is 26.9. The van der Waals surface area contributed by atoms with Gasteiger partial charge in [0, 0.05) is 0 Å². The molecule has 0 fully saturated rings. The van der Waals surface area contributed by atoms with E-state index in [9.17, 15) is 13.2 Å². The number of aliphatic imine (C=N–C) groups is 2. The second-order valence-corrected chi connectivity index (χ2v) is 3.71. The Labute approximate surface area is 77.7 Å². The van der Waals surface area contributed by atoms with Crippen LogP contribution in [0.3, 0.4) is 0 Å². The highest BCUT2D eigenvalue weighted by atomic mass is 32.3. The zero-order chi connectivity index (χ0) is 10.6. The van der Waals surface area contributed by atoms with Gasteiger partial charge in [0.15, 0.2) is 0 Å². The van der Waals surface area contributed by atoms with Gasteiger partial charge in [0.2, 0.25) is 5.66 Å². The minimum absolute atomic E-state index is 0.650. The summed E-state index contributed by atoms with van der Waals surface area (Å²) in [6, 6.07) is -0.650. The summed E-state index contributed by atoms with van der Waals surface area (Å²) in [6.45, 7) is 0. The first-order chi connectivity index (χ1) is 6.31. The summed E-state index contributed by atoms with van der Waals surface area (Å²) in [5.74, 6) is -1.65. The Morgan fingerprint density at radius 3 is 2.50 bits per heavy atom. The molecule has 2 heterocycles. The average Bonchev–Trinajstić information content (AvgIpc) is 1.98. The number of amidine groups is 1. The molecule has 0 aromatic carbocycles. The first-order valence-electron chi connectivity index (χ1n) is 3.25.